The Morgan fingerprint density at radius 1 is 1.09 bits per heavy atom. The van der Waals surface area contributed by atoms with Crippen LogP contribution < -0.4 is 16.4 Å². The lowest BCUT2D eigenvalue weighted by Gasteiger charge is -2.27. The molecule has 0 bridgehead atoms. The number of carbonyl (C=O) groups excluding carboxylic acids is 1. The molecule has 1 amide bonds. The number of benzene rings is 2. The summed E-state index contributed by atoms with van der Waals surface area (Å²) in [7, 11) is 0. The third-order valence-corrected chi connectivity index (χ3v) is 5.93. The minimum Gasteiger partial charge on any atom is -0.368 e. The third-order valence-electron chi connectivity index (χ3n) is 5.33. The van der Waals surface area contributed by atoms with Gasteiger partial charge in [0.25, 0.3) is 0 Å². The summed E-state index contributed by atoms with van der Waals surface area (Å²) in [5.74, 6) is -2.85. The van der Waals surface area contributed by atoms with E-state index < -0.39 is 11.8 Å². The van der Waals surface area contributed by atoms with Crippen molar-refractivity contribution in [3.05, 3.63) is 46.4 Å². The van der Waals surface area contributed by atoms with E-state index in [0.717, 1.165) is 5.56 Å². The van der Waals surface area contributed by atoms with E-state index in [2.05, 4.69) is 25.8 Å². The lowest BCUT2D eigenvalue weighted by atomic mass is 9.86. The number of carbonyl (C=O) groups is 1. The molecule has 7 nitrogen and oxygen atoms in total. The number of rotatable bonds is 5. The monoisotopic (exact) mass is 480 g/mol. The predicted molar refractivity (Wildman–Crippen MR) is 122 cm³/mol. The summed E-state index contributed by atoms with van der Waals surface area (Å²) in [6.07, 6.45) is -0.142. The van der Waals surface area contributed by atoms with E-state index in [1.165, 1.54) is 0 Å². The highest BCUT2D eigenvalue weighted by atomic mass is 35.5. The van der Waals surface area contributed by atoms with Crippen LogP contribution in [0.4, 0.5) is 32.1 Å². The van der Waals surface area contributed by atoms with Crippen LogP contribution in [0.1, 0.15) is 25.7 Å². The molecule has 3 aromatic rings. The van der Waals surface area contributed by atoms with Crippen LogP contribution in [0.15, 0.2) is 36.4 Å². The number of alkyl halides is 2. The molecule has 1 saturated carbocycles. The molecule has 0 aliphatic heterocycles. The molecule has 0 unspecified atom stereocenters. The number of hydrogen-bond donors (Lipinski definition) is 4. The summed E-state index contributed by atoms with van der Waals surface area (Å²) in [4.78, 5) is 16.4. The first-order valence-electron chi connectivity index (χ1n) is 9.93. The van der Waals surface area contributed by atoms with Gasteiger partial charge in [-0.25, -0.2) is 13.9 Å². The largest absolute Gasteiger partial charge is 0.368 e. The van der Waals surface area contributed by atoms with Crippen LogP contribution in [-0.2, 0) is 4.79 Å². The molecule has 5 N–H and O–H groups in total. The van der Waals surface area contributed by atoms with E-state index in [1.807, 2.05) is 0 Å². The van der Waals surface area contributed by atoms with Crippen LogP contribution in [0.3, 0.4) is 0 Å². The summed E-state index contributed by atoms with van der Waals surface area (Å²) in [5, 5.41) is 13.0. The molecule has 0 radical (unpaired) electrons. The third kappa shape index (κ3) is 5.11. The normalized spacial score (nSPS) is 16.0. The Morgan fingerprint density at radius 2 is 1.72 bits per heavy atom. The molecule has 1 aromatic heterocycles. The van der Waals surface area contributed by atoms with Crippen LogP contribution in [0.2, 0.25) is 10.0 Å². The fourth-order valence-electron chi connectivity index (χ4n) is 3.65. The van der Waals surface area contributed by atoms with E-state index >= 15 is 0 Å². The van der Waals surface area contributed by atoms with Gasteiger partial charge in [-0.2, -0.15) is 4.98 Å². The van der Waals surface area contributed by atoms with Crippen molar-refractivity contribution >= 4 is 52.4 Å². The van der Waals surface area contributed by atoms with Crippen molar-refractivity contribution in [1.82, 2.24) is 15.2 Å². The maximum atomic E-state index is 13.3. The highest BCUT2D eigenvalue weighted by Gasteiger charge is 2.37. The smallest absolute Gasteiger partial charge is 0.248 e. The number of amides is 1. The molecule has 0 spiro atoms. The molecule has 0 atom stereocenters. The van der Waals surface area contributed by atoms with Gasteiger partial charge < -0.3 is 16.4 Å². The van der Waals surface area contributed by atoms with E-state index in [0.29, 0.717) is 27.0 Å². The maximum absolute atomic E-state index is 13.3. The summed E-state index contributed by atoms with van der Waals surface area (Å²) in [6, 6.07) is 10.4. The van der Waals surface area contributed by atoms with E-state index in [-0.39, 0.29) is 43.5 Å². The SMILES string of the molecule is Nc1nc(Nc2cc(Cl)c(-c3ccc(NC(=O)C4CCC(F)(F)CC4)cc3)c(Cl)c2)n[nH]1. The van der Waals surface area contributed by atoms with Crippen molar-refractivity contribution in [2.75, 3.05) is 16.4 Å². The zero-order valence-electron chi connectivity index (χ0n) is 16.8. The molecule has 0 saturated heterocycles. The van der Waals surface area contributed by atoms with Crippen LogP contribution in [0.25, 0.3) is 11.1 Å². The highest BCUT2D eigenvalue weighted by Crippen LogP contribution is 2.39. The second-order valence-corrected chi connectivity index (χ2v) is 8.50. The van der Waals surface area contributed by atoms with Gasteiger partial charge in [-0.3, -0.25) is 4.79 Å². The molecule has 168 valence electrons. The zero-order chi connectivity index (χ0) is 22.9. The summed E-state index contributed by atoms with van der Waals surface area (Å²) >= 11 is 12.9. The van der Waals surface area contributed by atoms with Crippen molar-refractivity contribution in [1.29, 1.82) is 0 Å². The number of nitrogens with two attached hydrogens (primary N) is 1. The van der Waals surface area contributed by atoms with Crippen molar-refractivity contribution in [3.63, 3.8) is 0 Å². The molecule has 32 heavy (non-hydrogen) atoms. The van der Waals surface area contributed by atoms with Crippen molar-refractivity contribution in [2.24, 2.45) is 5.92 Å². The second kappa shape index (κ2) is 8.91. The van der Waals surface area contributed by atoms with Crippen LogP contribution in [-0.4, -0.2) is 27.0 Å². The van der Waals surface area contributed by atoms with Gasteiger partial charge in [0.05, 0.1) is 10.0 Å². The number of halogens is 4. The standard InChI is InChI=1S/C21H20Cl2F2N6O/c22-15-9-14(28-20-29-19(26)30-31-20)10-16(23)17(15)11-1-3-13(4-2-11)27-18(32)12-5-7-21(24,25)8-6-12/h1-4,9-10,12H,5-8H2,(H,27,32)(H4,26,28,29,30,31). The minimum absolute atomic E-state index is 0.176. The number of anilines is 4. The zero-order valence-corrected chi connectivity index (χ0v) is 18.3. The molecule has 4 rings (SSSR count). The van der Waals surface area contributed by atoms with Crippen LogP contribution in [0, 0.1) is 5.92 Å². The number of aromatic nitrogens is 3. The first-order valence-corrected chi connectivity index (χ1v) is 10.7. The fourth-order valence-corrected chi connectivity index (χ4v) is 4.35. The van der Waals surface area contributed by atoms with Gasteiger partial charge in [0.15, 0.2) is 0 Å². The first-order chi connectivity index (χ1) is 15.2. The van der Waals surface area contributed by atoms with Crippen LogP contribution >= 0.6 is 23.2 Å². The number of nitrogen functional groups attached to an aromatic ring is 1. The highest BCUT2D eigenvalue weighted by molar-refractivity contribution is 6.39. The molecule has 1 aliphatic rings. The Hall–Kier alpha value is -2.91. The quantitative estimate of drug-likeness (QED) is 0.365. The number of nitrogens with one attached hydrogen (secondary N) is 3. The predicted octanol–water partition coefficient (Wildman–Crippen LogP) is 5.87. The number of H-pyrrole nitrogens is 1. The van der Waals surface area contributed by atoms with Crippen molar-refractivity contribution < 1.29 is 13.6 Å². The minimum atomic E-state index is -2.66. The average Bonchev–Trinajstić information content (AvgIpc) is 3.13. The molecule has 1 fully saturated rings. The molecule has 1 heterocycles. The van der Waals surface area contributed by atoms with Crippen molar-refractivity contribution in [2.45, 2.75) is 31.6 Å². The summed E-state index contributed by atoms with van der Waals surface area (Å²) in [6.45, 7) is 0. The summed E-state index contributed by atoms with van der Waals surface area (Å²) in [5.41, 5.74) is 8.05. The van der Waals surface area contributed by atoms with Gasteiger partial charge in [0.1, 0.15) is 0 Å². The maximum Gasteiger partial charge on any atom is 0.248 e. The van der Waals surface area contributed by atoms with Gasteiger partial charge in [-0.05, 0) is 42.7 Å². The Balaban J connectivity index is 1.45. The number of nitrogens with zero attached hydrogens (tertiary/aromatic N) is 2. The molecule has 11 heteroatoms. The first kappa shape index (κ1) is 22.3. The van der Waals surface area contributed by atoms with E-state index in [9.17, 15) is 13.6 Å². The second-order valence-electron chi connectivity index (χ2n) is 7.68. The lowest BCUT2D eigenvalue weighted by Crippen LogP contribution is -2.31. The number of hydrogen-bond acceptors (Lipinski definition) is 5. The summed E-state index contributed by atoms with van der Waals surface area (Å²) < 4.78 is 26.6. The molecule has 2 aromatic carbocycles. The van der Waals surface area contributed by atoms with Crippen LogP contribution in [0.5, 0.6) is 0 Å². The van der Waals surface area contributed by atoms with Gasteiger partial charge in [-0.15, -0.1) is 5.10 Å². The van der Waals surface area contributed by atoms with Gasteiger partial charge >= 0.3 is 0 Å². The number of aromatic amines is 1. The van der Waals surface area contributed by atoms with Gasteiger partial charge in [0, 0.05) is 35.7 Å². The van der Waals surface area contributed by atoms with Crippen molar-refractivity contribution in [3.8, 4) is 11.1 Å². The Bertz CT molecular complexity index is 1100. The lowest BCUT2D eigenvalue weighted by molar-refractivity contribution is -0.124. The topological polar surface area (TPSA) is 109 Å². The van der Waals surface area contributed by atoms with Gasteiger partial charge in [0.2, 0.25) is 23.7 Å². The molecule has 1 aliphatic carbocycles. The van der Waals surface area contributed by atoms with E-state index in [1.54, 1.807) is 36.4 Å². The Kier molecular flexibility index (Phi) is 6.21. The molecular formula is C21H20Cl2F2N6O. The fraction of sp³-hybridized carbons (Fsp3) is 0.286. The van der Waals surface area contributed by atoms with Gasteiger partial charge in [-0.1, -0.05) is 35.3 Å². The molecular weight excluding hydrogens is 461 g/mol. The average molecular weight is 481 g/mol. The van der Waals surface area contributed by atoms with E-state index in [4.69, 9.17) is 28.9 Å². The Labute approximate surface area is 192 Å². The Morgan fingerprint density at radius 3 is 2.28 bits per heavy atom.